The van der Waals surface area contributed by atoms with Gasteiger partial charge in [0.25, 0.3) is 5.91 Å². The number of carboxylic acids is 1. The van der Waals surface area contributed by atoms with Crippen molar-refractivity contribution in [3.63, 3.8) is 0 Å². The number of methoxy groups -OCH3 is 2. The summed E-state index contributed by atoms with van der Waals surface area (Å²) >= 11 is 0. The Kier molecular flexibility index (Phi) is 10.3. The van der Waals surface area contributed by atoms with Gasteiger partial charge in [-0.3, -0.25) is 14.4 Å². The summed E-state index contributed by atoms with van der Waals surface area (Å²) in [6.07, 6.45) is -0.808. The van der Waals surface area contributed by atoms with E-state index >= 15 is 0 Å². The van der Waals surface area contributed by atoms with Gasteiger partial charge in [-0.2, -0.15) is 0 Å². The van der Waals surface area contributed by atoms with Gasteiger partial charge < -0.3 is 38.8 Å². The number of ether oxygens (including phenoxy) is 6. The summed E-state index contributed by atoms with van der Waals surface area (Å²) < 4.78 is 31.1. The number of amides is 1. The van der Waals surface area contributed by atoms with E-state index in [4.69, 9.17) is 28.4 Å². The number of benzene rings is 2. The van der Waals surface area contributed by atoms with E-state index in [-0.39, 0.29) is 46.1 Å². The molecule has 1 amide bonds. The van der Waals surface area contributed by atoms with Crippen LogP contribution >= 0.6 is 0 Å². The van der Waals surface area contributed by atoms with Gasteiger partial charge in [0.15, 0.2) is 23.0 Å². The molecule has 0 heterocycles. The fourth-order valence-corrected chi connectivity index (χ4v) is 5.62. The molecule has 0 unspecified atom stereocenters. The van der Waals surface area contributed by atoms with Crippen LogP contribution in [0, 0.1) is 11.8 Å². The van der Waals surface area contributed by atoms with Gasteiger partial charge in [0.1, 0.15) is 0 Å². The van der Waals surface area contributed by atoms with Crippen molar-refractivity contribution in [3.05, 3.63) is 47.5 Å². The monoisotopic (exact) mass is 627 g/mol. The van der Waals surface area contributed by atoms with Crippen LogP contribution in [0.2, 0.25) is 0 Å². The van der Waals surface area contributed by atoms with Crippen LogP contribution in [-0.2, 0) is 28.7 Å². The average molecular weight is 628 g/mol. The Hall–Kier alpha value is -5.14. The molecule has 0 radical (unpaired) electrons. The maximum absolute atomic E-state index is 13.6. The molecular weight excluding hydrogens is 594 g/mol. The molecule has 5 atom stereocenters. The second kappa shape index (κ2) is 14.1. The van der Waals surface area contributed by atoms with Crippen LogP contribution < -0.4 is 24.3 Å². The second-order valence-corrected chi connectivity index (χ2v) is 10.7. The second-order valence-electron chi connectivity index (χ2n) is 10.7. The van der Waals surface area contributed by atoms with E-state index in [2.05, 4.69) is 5.32 Å². The number of esters is 4. The highest BCUT2D eigenvalue weighted by atomic mass is 16.6. The molecule has 14 heteroatoms. The molecule has 0 saturated heterocycles. The number of aliphatic carboxylic acids is 1. The Morgan fingerprint density at radius 1 is 0.733 bits per heavy atom. The lowest BCUT2D eigenvalue weighted by Gasteiger charge is -2.28. The smallest absolute Gasteiger partial charge is 0.349 e. The maximum Gasteiger partial charge on any atom is 0.349 e. The number of hydrogen-bond acceptors (Lipinski definition) is 12. The minimum Gasteiger partial charge on any atom is -0.493 e. The van der Waals surface area contributed by atoms with Crippen molar-refractivity contribution in [1.29, 1.82) is 0 Å². The topological polar surface area (TPSA) is 190 Å². The number of carbonyl (C=O) groups excluding carboxylic acids is 5. The van der Waals surface area contributed by atoms with Gasteiger partial charge in [-0.05, 0) is 67.5 Å². The average Bonchev–Trinajstić information content (AvgIpc) is 3.62. The molecule has 4 rings (SSSR count). The zero-order chi connectivity index (χ0) is 32.8. The molecule has 2 aliphatic rings. The van der Waals surface area contributed by atoms with Gasteiger partial charge in [-0.25, -0.2) is 14.4 Å². The lowest BCUT2D eigenvalue weighted by atomic mass is 9.95. The predicted molar refractivity (Wildman–Crippen MR) is 152 cm³/mol. The highest BCUT2D eigenvalue weighted by Crippen LogP contribution is 2.44. The molecule has 2 bridgehead atoms. The van der Waals surface area contributed by atoms with Gasteiger partial charge >= 0.3 is 29.8 Å². The van der Waals surface area contributed by atoms with E-state index in [0.29, 0.717) is 12.3 Å². The highest BCUT2D eigenvalue weighted by molar-refractivity contribution is 5.97. The van der Waals surface area contributed by atoms with Crippen LogP contribution in [0.1, 0.15) is 60.2 Å². The quantitative estimate of drug-likeness (QED) is 0.258. The zero-order valence-corrected chi connectivity index (χ0v) is 25.0. The SMILES string of the molecule is COc1cc(C(=O)O[C@H](C(=O)O)[C@@H](OC(=O)c2ccc(OC(C)=O)c(OC)c2)C(=O)N[C@@H]2C[C@H]3CC[C@H]2C3)ccc1OC(C)=O. The van der Waals surface area contributed by atoms with Gasteiger partial charge in [0, 0.05) is 19.9 Å². The summed E-state index contributed by atoms with van der Waals surface area (Å²) in [6, 6.07) is 7.03. The van der Waals surface area contributed by atoms with Crippen LogP contribution in [0.4, 0.5) is 0 Å². The first kappa shape index (κ1) is 32.8. The molecule has 2 aromatic rings. The van der Waals surface area contributed by atoms with Crippen molar-refractivity contribution < 1.29 is 62.3 Å². The molecule has 0 aliphatic heterocycles. The molecule has 2 fully saturated rings. The molecule has 45 heavy (non-hydrogen) atoms. The van der Waals surface area contributed by atoms with Crippen molar-refractivity contribution in [1.82, 2.24) is 5.32 Å². The Morgan fingerprint density at radius 3 is 1.64 bits per heavy atom. The lowest BCUT2D eigenvalue weighted by molar-refractivity contribution is -0.159. The summed E-state index contributed by atoms with van der Waals surface area (Å²) in [6.45, 7) is 2.35. The Bertz CT molecular complexity index is 1500. The normalized spacial score (nSPS) is 19.4. The molecule has 0 spiro atoms. The number of nitrogens with one attached hydrogen (secondary N) is 1. The summed E-state index contributed by atoms with van der Waals surface area (Å²) in [5, 5.41) is 12.9. The van der Waals surface area contributed by atoms with E-state index in [1.54, 1.807) is 0 Å². The summed E-state index contributed by atoms with van der Waals surface area (Å²) in [5.41, 5.74) is -0.361. The predicted octanol–water partition coefficient (Wildman–Crippen LogP) is 2.69. The van der Waals surface area contributed by atoms with E-state index in [0.717, 1.165) is 25.3 Å². The standard InChI is InChI=1S/C31H33NO13/c1-15(33)42-22-9-7-19(13-24(22)40-3)30(38)44-26(28(35)32-21-12-17-5-6-18(21)11-17)27(29(36)37)45-31(39)20-8-10-23(43-16(2)34)25(14-20)41-4/h7-10,13-14,17-18,21,26-27H,5-6,11-12H2,1-4H3,(H,32,35)(H,36,37)/t17-,18-,21+,26+,27-/m0/s1. The fraction of sp³-hybridized carbons (Fsp3) is 0.419. The third-order valence-corrected chi connectivity index (χ3v) is 7.62. The number of carboxylic acid groups (broad SMARTS) is 1. The van der Waals surface area contributed by atoms with E-state index < -0.39 is 48.0 Å². The van der Waals surface area contributed by atoms with Gasteiger partial charge in [-0.1, -0.05) is 6.42 Å². The van der Waals surface area contributed by atoms with Crippen LogP contribution in [0.15, 0.2) is 36.4 Å². The maximum atomic E-state index is 13.6. The van der Waals surface area contributed by atoms with Crippen molar-refractivity contribution in [2.24, 2.45) is 11.8 Å². The van der Waals surface area contributed by atoms with E-state index in [1.807, 2.05) is 0 Å². The minimum absolute atomic E-state index is 0.00327. The van der Waals surface area contributed by atoms with Gasteiger partial charge in [-0.15, -0.1) is 0 Å². The van der Waals surface area contributed by atoms with Crippen LogP contribution in [0.5, 0.6) is 23.0 Å². The molecular formula is C31H33NO13. The van der Waals surface area contributed by atoms with Crippen LogP contribution in [-0.4, -0.2) is 73.3 Å². The van der Waals surface area contributed by atoms with Crippen molar-refractivity contribution in [3.8, 4) is 23.0 Å². The van der Waals surface area contributed by atoms with Crippen molar-refractivity contribution in [2.45, 2.75) is 57.8 Å². The number of fused-ring (bicyclic) bond motifs is 2. The van der Waals surface area contributed by atoms with Crippen molar-refractivity contribution in [2.75, 3.05) is 14.2 Å². The largest absolute Gasteiger partial charge is 0.493 e. The Labute approximate surface area is 257 Å². The first-order valence-corrected chi connectivity index (χ1v) is 14.1. The van der Waals surface area contributed by atoms with Gasteiger partial charge in [0.2, 0.25) is 12.2 Å². The zero-order valence-electron chi connectivity index (χ0n) is 25.0. The molecule has 2 aliphatic carbocycles. The van der Waals surface area contributed by atoms with Crippen LogP contribution in [0.3, 0.4) is 0 Å². The summed E-state index contributed by atoms with van der Waals surface area (Å²) in [5.74, 6) is -5.67. The number of rotatable bonds is 12. The van der Waals surface area contributed by atoms with E-state index in [1.165, 1.54) is 58.4 Å². The molecule has 2 saturated carbocycles. The fourth-order valence-electron chi connectivity index (χ4n) is 5.62. The van der Waals surface area contributed by atoms with Gasteiger partial charge in [0.05, 0.1) is 25.3 Å². The molecule has 2 N–H and O–H groups in total. The third-order valence-electron chi connectivity index (χ3n) is 7.62. The number of hydrogen-bond donors (Lipinski definition) is 2. The molecule has 240 valence electrons. The molecule has 2 aromatic carbocycles. The number of carbonyl (C=O) groups is 6. The molecule has 14 nitrogen and oxygen atoms in total. The Balaban J connectivity index is 1.61. The Morgan fingerprint density at radius 2 is 1.24 bits per heavy atom. The summed E-state index contributed by atoms with van der Waals surface area (Å²) in [4.78, 5) is 75.2. The third kappa shape index (κ3) is 7.88. The summed E-state index contributed by atoms with van der Waals surface area (Å²) in [7, 11) is 2.54. The first-order valence-electron chi connectivity index (χ1n) is 14.1. The minimum atomic E-state index is -2.26. The highest BCUT2D eigenvalue weighted by Gasteiger charge is 2.45. The first-order chi connectivity index (χ1) is 21.4. The molecule has 0 aromatic heterocycles. The van der Waals surface area contributed by atoms with Crippen LogP contribution in [0.25, 0.3) is 0 Å². The van der Waals surface area contributed by atoms with Crippen molar-refractivity contribution >= 4 is 35.8 Å². The lowest BCUT2D eigenvalue weighted by Crippen LogP contribution is -2.53. The van der Waals surface area contributed by atoms with E-state index in [9.17, 15) is 33.9 Å².